The van der Waals surface area contributed by atoms with Gasteiger partial charge in [-0.1, -0.05) is 42.5 Å². The molecule has 1 fully saturated rings. The zero-order valence-electron chi connectivity index (χ0n) is 13.6. The van der Waals surface area contributed by atoms with Crippen molar-refractivity contribution >= 4 is 16.9 Å². The van der Waals surface area contributed by atoms with E-state index in [4.69, 9.17) is 4.98 Å². The Kier molecular flexibility index (Phi) is 4.03. The maximum atomic E-state index is 11.9. The lowest BCUT2D eigenvalue weighted by molar-refractivity contribution is -0.122. The fourth-order valence-corrected chi connectivity index (χ4v) is 3.05. The second-order valence-corrected chi connectivity index (χ2v) is 6.40. The van der Waals surface area contributed by atoms with E-state index in [1.54, 1.807) is 0 Å². The molecule has 4 nitrogen and oxygen atoms in total. The molecule has 1 heterocycles. The molecule has 24 heavy (non-hydrogen) atoms. The highest BCUT2D eigenvalue weighted by Gasteiger charge is 2.29. The molecule has 4 heteroatoms. The Labute approximate surface area is 141 Å². The number of hydrogen-bond acceptors (Lipinski definition) is 2. The molecule has 0 bridgehead atoms. The number of carbonyl (C=O) groups is 1. The number of aryl methyl sites for hydroxylation is 2. The third-order valence-electron chi connectivity index (χ3n) is 4.57. The first kappa shape index (κ1) is 14.9. The van der Waals surface area contributed by atoms with Gasteiger partial charge in [0.25, 0.3) is 0 Å². The van der Waals surface area contributed by atoms with Gasteiger partial charge in [-0.3, -0.25) is 4.79 Å². The molecule has 1 aliphatic rings. The number of nitrogens with zero attached hydrogens (tertiary/aromatic N) is 2. The lowest BCUT2D eigenvalue weighted by atomic mass is 10.1. The summed E-state index contributed by atoms with van der Waals surface area (Å²) in [5, 5.41) is 3.04. The van der Waals surface area contributed by atoms with Crippen LogP contribution in [-0.4, -0.2) is 15.5 Å². The topological polar surface area (TPSA) is 46.9 Å². The molecule has 4 rings (SSSR count). The molecule has 0 atom stereocenters. The second-order valence-electron chi connectivity index (χ2n) is 6.40. The highest BCUT2D eigenvalue weighted by Crippen LogP contribution is 2.28. The highest BCUT2D eigenvalue weighted by molar-refractivity contribution is 5.81. The average molecular weight is 319 g/mol. The van der Waals surface area contributed by atoms with Gasteiger partial charge in [0.1, 0.15) is 5.82 Å². The van der Waals surface area contributed by atoms with E-state index in [0.29, 0.717) is 6.54 Å². The summed E-state index contributed by atoms with van der Waals surface area (Å²) < 4.78 is 2.23. The first-order chi connectivity index (χ1) is 11.8. The molecule has 0 radical (unpaired) electrons. The van der Waals surface area contributed by atoms with Crippen LogP contribution >= 0.6 is 0 Å². The Morgan fingerprint density at radius 1 is 1.08 bits per heavy atom. The van der Waals surface area contributed by atoms with Crippen LogP contribution in [0.25, 0.3) is 11.0 Å². The molecular formula is C20H21N3O. The zero-order valence-corrected chi connectivity index (χ0v) is 13.6. The summed E-state index contributed by atoms with van der Waals surface area (Å²) in [4.78, 5) is 16.7. The Morgan fingerprint density at radius 2 is 1.83 bits per heavy atom. The van der Waals surface area contributed by atoms with Crippen molar-refractivity contribution in [3.63, 3.8) is 0 Å². The number of aromatic nitrogens is 2. The van der Waals surface area contributed by atoms with Crippen molar-refractivity contribution in [2.75, 3.05) is 0 Å². The van der Waals surface area contributed by atoms with Gasteiger partial charge >= 0.3 is 0 Å². The number of benzene rings is 2. The molecule has 0 saturated heterocycles. The number of carbonyl (C=O) groups excluding carboxylic acids is 1. The first-order valence-corrected chi connectivity index (χ1v) is 8.57. The van der Waals surface area contributed by atoms with Gasteiger partial charge in [0.2, 0.25) is 5.91 Å². The predicted molar refractivity (Wildman–Crippen MR) is 94.4 cm³/mol. The predicted octanol–water partition coefficient (Wildman–Crippen LogP) is 3.31. The molecule has 122 valence electrons. The van der Waals surface area contributed by atoms with E-state index < -0.39 is 0 Å². The van der Waals surface area contributed by atoms with E-state index in [9.17, 15) is 4.79 Å². The molecule has 3 aromatic rings. The summed E-state index contributed by atoms with van der Waals surface area (Å²) >= 11 is 0. The SMILES string of the molecule is O=C(NCc1nc2ccccc2n1CCc1ccccc1)C1CC1. The number of para-hydroxylation sites is 2. The standard InChI is InChI=1S/C20H21N3O/c24-20(16-10-11-16)21-14-19-22-17-8-4-5-9-18(17)23(19)13-12-15-6-2-1-3-7-15/h1-9,16H,10-14H2,(H,21,24). The van der Waals surface area contributed by atoms with Gasteiger partial charge in [0.15, 0.2) is 0 Å². The molecule has 2 aromatic carbocycles. The van der Waals surface area contributed by atoms with Gasteiger partial charge in [-0.2, -0.15) is 0 Å². The first-order valence-electron chi connectivity index (χ1n) is 8.57. The van der Waals surface area contributed by atoms with Gasteiger partial charge in [0, 0.05) is 12.5 Å². The number of amides is 1. The third-order valence-corrected chi connectivity index (χ3v) is 4.57. The van der Waals surface area contributed by atoms with Crippen LogP contribution in [0.3, 0.4) is 0 Å². The number of fused-ring (bicyclic) bond motifs is 1. The minimum absolute atomic E-state index is 0.164. The molecule has 0 spiro atoms. The highest BCUT2D eigenvalue weighted by atomic mass is 16.2. The molecule has 1 saturated carbocycles. The van der Waals surface area contributed by atoms with Gasteiger partial charge in [-0.15, -0.1) is 0 Å². The van der Waals surface area contributed by atoms with Gasteiger partial charge in [-0.25, -0.2) is 4.98 Å². The van der Waals surface area contributed by atoms with E-state index in [0.717, 1.165) is 42.7 Å². The van der Waals surface area contributed by atoms with Crippen molar-refractivity contribution in [2.24, 2.45) is 5.92 Å². The molecule has 1 aromatic heterocycles. The van der Waals surface area contributed by atoms with Crippen LogP contribution < -0.4 is 5.32 Å². The number of imidazole rings is 1. The van der Waals surface area contributed by atoms with E-state index in [1.807, 2.05) is 24.3 Å². The van der Waals surface area contributed by atoms with Crippen LogP contribution in [0.1, 0.15) is 24.2 Å². The number of hydrogen-bond donors (Lipinski definition) is 1. The van der Waals surface area contributed by atoms with Crippen LogP contribution in [0.4, 0.5) is 0 Å². The monoisotopic (exact) mass is 319 g/mol. The maximum absolute atomic E-state index is 11.9. The normalized spacial score (nSPS) is 14.0. The Morgan fingerprint density at radius 3 is 2.62 bits per heavy atom. The summed E-state index contributed by atoms with van der Waals surface area (Å²) in [6, 6.07) is 18.6. The molecule has 1 aliphatic carbocycles. The molecule has 0 unspecified atom stereocenters. The Balaban J connectivity index is 1.56. The van der Waals surface area contributed by atoms with Gasteiger partial charge < -0.3 is 9.88 Å². The number of rotatable bonds is 6. The summed E-state index contributed by atoms with van der Waals surface area (Å²) in [5.41, 5.74) is 3.42. The molecular weight excluding hydrogens is 298 g/mol. The van der Waals surface area contributed by atoms with Crippen molar-refractivity contribution in [2.45, 2.75) is 32.4 Å². The van der Waals surface area contributed by atoms with Gasteiger partial charge in [0.05, 0.1) is 17.6 Å². The Bertz CT molecular complexity index is 850. The van der Waals surface area contributed by atoms with Crippen molar-refractivity contribution in [3.8, 4) is 0 Å². The van der Waals surface area contributed by atoms with Crippen LogP contribution in [0, 0.1) is 5.92 Å². The molecule has 1 amide bonds. The summed E-state index contributed by atoms with van der Waals surface area (Å²) in [5.74, 6) is 1.32. The lowest BCUT2D eigenvalue weighted by Gasteiger charge is -2.10. The van der Waals surface area contributed by atoms with Gasteiger partial charge in [-0.05, 0) is 37.0 Å². The van der Waals surface area contributed by atoms with Crippen LogP contribution in [0.2, 0.25) is 0 Å². The van der Waals surface area contributed by atoms with Crippen LogP contribution in [0.15, 0.2) is 54.6 Å². The summed E-state index contributed by atoms with van der Waals surface area (Å²) in [6.07, 6.45) is 3.00. The minimum Gasteiger partial charge on any atom is -0.349 e. The quantitative estimate of drug-likeness (QED) is 0.758. The van der Waals surface area contributed by atoms with Crippen LogP contribution in [0.5, 0.6) is 0 Å². The maximum Gasteiger partial charge on any atom is 0.223 e. The van der Waals surface area contributed by atoms with Crippen molar-refractivity contribution < 1.29 is 4.79 Å². The number of nitrogens with one attached hydrogen (secondary N) is 1. The largest absolute Gasteiger partial charge is 0.349 e. The summed E-state index contributed by atoms with van der Waals surface area (Å²) in [7, 11) is 0. The third kappa shape index (κ3) is 3.18. The Hall–Kier alpha value is -2.62. The van der Waals surface area contributed by atoms with E-state index >= 15 is 0 Å². The lowest BCUT2D eigenvalue weighted by Crippen LogP contribution is -2.26. The zero-order chi connectivity index (χ0) is 16.4. The minimum atomic E-state index is 0.164. The van der Waals surface area contributed by atoms with Crippen molar-refractivity contribution in [1.82, 2.24) is 14.9 Å². The van der Waals surface area contributed by atoms with E-state index in [-0.39, 0.29) is 11.8 Å². The fraction of sp³-hybridized carbons (Fsp3) is 0.300. The smallest absolute Gasteiger partial charge is 0.223 e. The van der Waals surface area contributed by atoms with E-state index in [1.165, 1.54) is 5.56 Å². The fourth-order valence-electron chi connectivity index (χ4n) is 3.05. The van der Waals surface area contributed by atoms with Crippen molar-refractivity contribution in [3.05, 3.63) is 66.0 Å². The second kappa shape index (κ2) is 6.48. The van der Waals surface area contributed by atoms with Crippen LogP contribution in [-0.2, 0) is 24.3 Å². The average Bonchev–Trinajstić information content (AvgIpc) is 3.41. The summed E-state index contributed by atoms with van der Waals surface area (Å²) in [6.45, 7) is 1.36. The molecule has 1 N–H and O–H groups in total. The molecule has 0 aliphatic heterocycles. The van der Waals surface area contributed by atoms with E-state index in [2.05, 4.69) is 40.2 Å². The van der Waals surface area contributed by atoms with Crippen molar-refractivity contribution in [1.29, 1.82) is 0 Å².